The molecule has 0 aliphatic rings. The first-order valence-electron chi connectivity index (χ1n) is 7.40. The summed E-state index contributed by atoms with van der Waals surface area (Å²) in [7, 11) is 0. The lowest BCUT2D eigenvalue weighted by Gasteiger charge is -2.13. The molecule has 0 heterocycles. The normalized spacial score (nSPS) is 12.8. The standard InChI is InChI=1S/C18H23N3O/c1-13-7-9-16(10-8-13)21-18(19)20-12-15(3)22-17-6-4-5-14(2)11-17/h4-11,15H,12H2,1-3H3,(H3,19,20,21). The molecule has 0 saturated heterocycles. The summed E-state index contributed by atoms with van der Waals surface area (Å²) in [6.07, 6.45) is -0.0415. The third-order valence-electron chi connectivity index (χ3n) is 3.17. The molecule has 0 aliphatic heterocycles. The van der Waals surface area contributed by atoms with Crippen molar-refractivity contribution in [1.82, 2.24) is 0 Å². The minimum Gasteiger partial charge on any atom is -0.489 e. The third kappa shape index (κ3) is 5.13. The van der Waals surface area contributed by atoms with Crippen LogP contribution < -0.4 is 15.8 Å². The van der Waals surface area contributed by atoms with E-state index in [0.717, 1.165) is 11.4 Å². The molecular weight excluding hydrogens is 274 g/mol. The van der Waals surface area contributed by atoms with Crippen LogP contribution in [0, 0.1) is 13.8 Å². The Kier molecular flexibility index (Phi) is 5.42. The lowest BCUT2D eigenvalue weighted by molar-refractivity contribution is 0.230. The Morgan fingerprint density at radius 3 is 2.55 bits per heavy atom. The van der Waals surface area contributed by atoms with Crippen molar-refractivity contribution in [3.63, 3.8) is 0 Å². The molecule has 4 heteroatoms. The number of hydrogen-bond acceptors (Lipinski definition) is 2. The highest BCUT2D eigenvalue weighted by Gasteiger charge is 2.04. The molecule has 2 aromatic rings. The largest absolute Gasteiger partial charge is 0.489 e. The Hall–Kier alpha value is -2.49. The molecule has 0 aromatic heterocycles. The van der Waals surface area contributed by atoms with Gasteiger partial charge in [-0.15, -0.1) is 0 Å². The van der Waals surface area contributed by atoms with E-state index >= 15 is 0 Å². The predicted octanol–water partition coefficient (Wildman–Crippen LogP) is 3.50. The number of anilines is 1. The monoisotopic (exact) mass is 297 g/mol. The molecule has 0 aliphatic carbocycles. The van der Waals surface area contributed by atoms with E-state index in [2.05, 4.69) is 10.3 Å². The highest BCUT2D eigenvalue weighted by molar-refractivity contribution is 5.92. The van der Waals surface area contributed by atoms with E-state index < -0.39 is 0 Å². The van der Waals surface area contributed by atoms with E-state index in [9.17, 15) is 0 Å². The van der Waals surface area contributed by atoms with E-state index in [1.807, 2.05) is 69.3 Å². The van der Waals surface area contributed by atoms with Gasteiger partial charge in [-0.25, -0.2) is 4.99 Å². The third-order valence-corrected chi connectivity index (χ3v) is 3.17. The fraction of sp³-hybridized carbons (Fsp3) is 0.278. The van der Waals surface area contributed by atoms with Gasteiger partial charge in [0.05, 0.1) is 6.54 Å². The highest BCUT2D eigenvalue weighted by Crippen LogP contribution is 2.14. The average molecular weight is 297 g/mol. The predicted molar refractivity (Wildman–Crippen MR) is 92.6 cm³/mol. The Morgan fingerprint density at radius 1 is 1.14 bits per heavy atom. The summed E-state index contributed by atoms with van der Waals surface area (Å²) in [5, 5.41) is 3.07. The first-order valence-corrected chi connectivity index (χ1v) is 7.40. The van der Waals surface area contributed by atoms with E-state index in [4.69, 9.17) is 10.5 Å². The van der Waals surface area contributed by atoms with Gasteiger partial charge in [0, 0.05) is 5.69 Å². The molecule has 2 aromatic carbocycles. The number of rotatable bonds is 5. The molecule has 0 amide bonds. The van der Waals surface area contributed by atoms with E-state index in [0.29, 0.717) is 12.5 Å². The van der Waals surface area contributed by atoms with Crippen LogP contribution in [0.2, 0.25) is 0 Å². The molecule has 116 valence electrons. The Morgan fingerprint density at radius 2 is 1.86 bits per heavy atom. The molecule has 22 heavy (non-hydrogen) atoms. The first-order chi connectivity index (χ1) is 10.5. The molecule has 0 bridgehead atoms. The van der Waals surface area contributed by atoms with Gasteiger partial charge in [0.1, 0.15) is 11.9 Å². The van der Waals surface area contributed by atoms with Crippen LogP contribution in [0.1, 0.15) is 18.1 Å². The van der Waals surface area contributed by atoms with Crippen LogP contribution in [-0.2, 0) is 0 Å². The highest BCUT2D eigenvalue weighted by atomic mass is 16.5. The van der Waals surface area contributed by atoms with Crippen molar-refractivity contribution >= 4 is 11.6 Å². The molecular formula is C18H23N3O. The van der Waals surface area contributed by atoms with Gasteiger partial charge in [0.2, 0.25) is 0 Å². The van der Waals surface area contributed by atoms with Crippen molar-refractivity contribution in [1.29, 1.82) is 0 Å². The van der Waals surface area contributed by atoms with Crippen LogP contribution in [0.15, 0.2) is 53.5 Å². The number of guanidine groups is 1. The van der Waals surface area contributed by atoms with Gasteiger partial charge in [-0.05, 0) is 50.6 Å². The molecule has 0 spiro atoms. The van der Waals surface area contributed by atoms with Gasteiger partial charge in [-0.3, -0.25) is 0 Å². The van der Waals surface area contributed by atoms with Crippen molar-refractivity contribution < 1.29 is 4.74 Å². The maximum atomic E-state index is 5.89. The van der Waals surface area contributed by atoms with Crippen molar-refractivity contribution in [2.75, 3.05) is 11.9 Å². The van der Waals surface area contributed by atoms with Gasteiger partial charge < -0.3 is 15.8 Å². The van der Waals surface area contributed by atoms with E-state index in [-0.39, 0.29) is 6.10 Å². The molecule has 1 atom stereocenters. The minimum atomic E-state index is -0.0415. The summed E-state index contributed by atoms with van der Waals surface area (Å²) in [5.41, 5.74) is 9.21. The Bertz CT molecular complexity index is 635. The number of aryl methyl sites for hydroxylation is 2. The van der Waals surface area contributed by atoms with Gasteiger partial charge in [-0.1, -0.05) is 29.8 Å². The molecule has 1 unspecified atom stereocenters. The van der Waals surface area contributed by atoms with Crippen LogP contribution in [0.25, 0.3) is 0 Å². The Labute approximate surface area is 132 Å². The van der Waals surface area contributed by atoms with Gasteiger partial charge in [0.25, 0.3) is 0 Å². The number of benzene rings is 2. The van der Waals surface area contributed by atoms with E-state index in [1.165, 1.54) is 11.1 Å². The molecule has 2 rings (SSSR count). The molecule has 3 N–H and O–H groups in total. The second kappa shape index (κ2) is 7.50. The number of nitrogens with one attached hydrogen (secondary N) is 1. The lowest BCUT2D eigenvalue weighted by atomic mass is 10.2. The van der Waals surface area contributed by atoms with Crippen LogP contribution >= 0.6 is 0 Å². The lowest BCUT2D eigenvalue weighted by Crippen LogP contribution is -2.25. The van der Waals surface area contributed by atoms with Crippen molar-refractivity contribution in [2.45, 2.75) is 26.9 Å². The summed E-state index contributed by atoms with van der Waals surface area (Å²) < 4.78 is 5.82. The molecule has 0 fully saturated rings. The van der Waals surface area contributed by atoms with E-state index in [1.54, 1.807) is 0 Å². The average Bonchev–Trinajstić information content (AvgIpc) is 2.48. The summed E-state index contributed by atoms with van der Waals surface area (Å²) in [4.78, 5) is 4.32. The molecule has 0 saturated carbocycles. The summed E-state index contributed by atoms with van der Waals surface area (Å²) >= 11 is 0. The number of nitrogens with two attached hydrogens (primary N) is 1. The second-order valence-corrected chi connectivity index (χ2v) is 5.46. The SMILES string of the molecule is Cc1ccc(NC(N)=NCC(C)Oc2cccc(C)c2)cc1. The zero-order valence-corrected chi connectivity index (χ0v) is 13.3. The number of ether oxygens (including phenoxy) is 1. The maximum absolute atomic E-state index is 5.89. The number of aliphatic imine (C=N–C) groups is 1. The first kappa shape index (κ1) is 15.9. The van der Waals surface area contributed by atoms with Crippen molar-refractivity contribution in [3.8, 4) is 5.75 Å². The summed E-state index contributed by atoms with van der Waals surface area (Å²) in [5.74, 6) is 1.25. The van der Waals surface area contributed by atoms with Crippen molar-refractivity contribution in [3.05, 3.63) is 59.7 Å². The number of hydrogen-bond donors (Lipinski definition) is 2. The van der Waals surface area contributed by atoms with Crippen LogP contribution in [0.5, 0.6) is 5.75 Å². The maximum Gasteiger partial charge on any atom is 0.193 e. The topological polar surface area (TPSA) is 59.6 Å². The fourth-order valence-electron chi connectivity index (χ4n) is 2.01. The summed E-state index contributed by atoms with van der Waals surface area (Å²) in [6.45, 7) is 6.56. The smallest absolute Gasteiger partial charge is 0.193 e. The fourth-order valence-corrected chi connectivity index (χ4v) is 2.01. The van der Waals surface area contributed by atoms with Gasteiger partial charge in [-0.2, -0.15) is 0 Å². The van der Waals surface area contributed by atoms with Crippen LogP contribution in [0.4, 0.5) is 5.69 Å². The zero-order chi connectivity index (χ0) is 15.9. The zero-order valence-electron chi connectivity index (χ0n) is 13.3. The minimum absolute atomic E-state index is 0.0415. The Balaban J connectivity index is 1.85. The van der Waals surface area contributed by atoms with Gasteiger partial charge >= 0.3 is 0 Å². The number of nitrogens with zero attached hydrogens (tertiary/aromatic N) is 1. The van der Waals surface area contributed by atoms with Crippen molar-refractivity contribution in [2.24, 2.45) is 10.7 Å². The van der Waals surface area contributed by atoms with Crippen LogP contribution in [-0.4, -0.2) is 18.6 Å². The quantitative estimate of drug-likeness (QED) is 0.656. The molecule has 0 radical (unpaired) electrons. The van der Waals surface area contributed by atoms with Gasteiger partial charge in [0.15, 0.2) is 5.96 Å². The summed E-state index contributed by atoms with van der Waals surface area (Å²) in [6, 6.07) is 16.0. The van der Waals surface area contributed by atoms with Crippen LogP contribution in [0.3, 0.4) is 0 Å². The second-order valence-electron chi connectivity index (χ2n) is 5.46. The molecule has 4 nitrogen and oxygen atoms in total.